The fourth-order valence-corrected chi connectivity index (χ4v) is 10.7. The van der Waals surface area contributed by atoms with Gasteiger partial charge in [0, 0.05) is 12.8 Å². The van der Waals surface area contributed by atoms with Crippen LogP contribution in [0.5, 0.6) is 0 Å². The van der Waals surface area contributed by atoms with Crippen LogP contribution in [0.25, 0.3) is 0 Å². The van der Waals surface area contributed by atoms with Crippen LogP contribution in [-0.4, -0.2) is 74.9 Å². The van der Waals surface area contributed by atoms with Crippen LogP contribution >= 0.6 is 7.82 Å². The van der Waals surface area contributed by atoms with Gasteiger partial charge >= 0.3 is 19.8 Å². The minimum Gasteiger partial charge on any atom is -0.462 e. The van der Waals surface area contributed by atoms with Crippen LogP contribution in [0.15, 0.2) is 36.5 Å². The van der Waals surface area contributed by atoms with Crippen molar-refractivity contribution in [3.05, 3.63) is 36.5 Å². The lowest BCUT2D eigenvalue weighted by Crippen LogP contribution is -2.37. The van der Waals surface area contributed by atoms with Crippen molar-refractivity contribution in [3.63, 3.8) is 0 Å². The number of hydrogen-bond acceptors (Lipinski definition) is 7. The molecule has 0 aliphatic carbocycles. The number of phosphoric acid groups is 1. The minimum absolute atomic E-state index is 0.0326. The number of carbonyl (C=O) groups is 2. The zero-order chi connectivity index (χ0) is 57.0. The van der Waals surface area contributed by atoms with Gasteiger partial charge in [0.25, 0.3) is 0 Å². The van der Waals surface area contributed by atoms with Crippen molar-refractivity contribution in [2.24, 2.45) is 0 Å². The van der Waals surface area contributed by atoms with E-state index in [0.717, 1.165) is 44.9 Å². The SMILES string of the molecule is CCCCC/C=C\C/C=C\CCCCCCCCCCCC(=O)OC(COC(=O)CCCCCCCCCCCCCCCCCCCCCCCCC/C=C\CCCCCCCCCC)COP(=O)(O)OCC[N+](C)(C)C. The minimum atomic E-state index is -4.39. The number of quaternary nitrogens is 1. The van der Waals surface area contributed by atoms with E-state index in [0.29, 0.717) is 23.9 Å². The summed E-state index contributed by atoms with van der Waals surface area (Å²) in [6.07, 6.45) is 75.4. The van der Waals surface area contributed by atoms with Gasteiger partial charge in [0.2, 0.25) is 0 Å². The molecule has 2 unspecified atom stereocenters. The normalized spacial score (nSPS) is 13.4. The van der Waals surface area contributed by atoms with Gasteiger partial charge in [0.15, 0.2) is 6.10 Å². The van der Waals surface area contributed by atoms with Crippen LogP contribution in [0.1, 0.15) is 335 Å². The fraction of sp³-hybridized carbons (Fsp3) is 0.882. The van der Waals surface area contributed by atoms with Crippen LogP contribution in [-0.2, 0) is 32.7 Å². The van der Waals surface area contributed by atoms with Gasteiger partial charge in [-0.05, 0) is 70.6 Å². The first kappa shape index (κ1) is 76.2. The molecule has 0 aliphatic rings. The second-order valence-corrected chi connectivity index (χ2v) is 25.7. The molecule has 0 saturated heterocycles. The Bertz CT molecular complexity index is 1410. The Kier molecular flexibility index (Phi) is 58.5. The van der Waals surface area contributed by atoms with E-state index >= 15 is 0 Å². The highest BCUT2D eigenvalue weighted by Crippen LogP contribution is 2.43. The third-order valence-corrected chi connectivity index (χ3v) is 16.1. The predicted molar refractivity (Wildman–Crippen MR) is 335 cm³/mol. The Morgan fingerprint density at radius 1 is 0.397 bits per heavy atom. The lowest BCUT2D eigenvalue weighted by molar-refractivity contribution is -0.870. The summed E-state index contributed by atoms with van der Waals surface area (Å²) in [6, 6.07) is 0. The number of rotatable bonds is 63. The van der Waals surface area contributed by atoms with Crippen LogP contribution in [0.4, 0.5) is 0 Å². The van der Waals surface area contributed by atoms with Crippen molar-refractivity contribution in [2.75, 3.05) is 47.5 Å². The number of unbranched alkanes of at least 4 members (excludes halogenated alkanes) is 43. The van der Waals surface area contributed by atoms with Crippen molar-refractivity contribution < 1.29 is 42.1 Å². The number of phosphoric ester groups is 1. The highest BCUT2D eigenvalue weighted by Gasteiger charge is 2.27. The van der Waals surface area contributed by atoms with E-state index in [1.807, 2.05) is 21.1 Å². The van der Waals surface area contributed by atoms with Gasteiger partial charge in [-0.1, -0.05) is 288 Å². The first-order chi connectivity index (χ1) is 38.0. The van der Waals surface area contributed by atoms with Crippen LogP contribution in [0, 0.1) is 0 Å². The van der Waals surface area contributed by atoms with E-state index in [1.54, 1.807) is 0 Å². The molecule has 0 radical (unpaired) electrons. The molecule has 0 aliphatic heterocycles. The molecule has 10 heteroatoms. The second-order valence-electron chi connectivity index (χ2n) is 24.2. The van der Waals surface area contributed by atoms with Crippen molar-refractivity contribution in [3.8, 4) is 0 Å². The van der Waals surface area contributed by atoms with Gasteiger partial charge in [0.05, 0.1) is 27.7 Å². The molecule has 0 aromatic heterocycles. The summed E-state index contributed by atoms with van der Waals surface area (Å²) in [6.45, 7) is 4.46. The second kappa shape index (κ2) is 59.8. The number of esters is 2. The van der Waals surface area contributed by atoms with Gasteiger partial charge in [-0.3, -0.25) is 18.6 Å². The quantitative estimate of drug-likeness (QED) is 0.0211. The number of likely N-dealkylation sites (N-methyl/N-ethyl adjacent to an activating group) is 1. The lowest BCUT2D eigenvalue weighted by atomic mass is 10.0. The zero-order valence-corrected chi connectivity index (χ0v) is 53.3. The monoisotopic (exact) mass is 1120 g/mol. The summed E-state index contributed by atoms with van der Waals surface area (Å²) in [5.41, 5.74) is 0. The van der Waals surface area contributed by atoms with Crippen molar-refractivity contribution in [1.82, 2.24) is 0 Å². The molecule has 0 fully saturated rings. The highest BCUT2D eigenvalue weighted by atomic mass is 31.2. The smallest absolute Gasteiger partial charge is 0.462 e. The number of ether oxygens (including phenoxy) is 2. The Balaban J connectivity index is 3.95. The van der Waals surface area contributed by atoms with Crippen LogP contribution in [0.3, 0.4) is 0 Å². The maximum atomic E-state index is 12.8. The summed E-state index contributed by atoms with van der Waals surface area (Å²) in [5.74, 6) is -0.786. The molecule has 0 aromatic rings. The van der Waals surface area contributed by atoms with Crippen LogP contribution in [0.2, 0.25) is 0 Å². The first-order valence-corrected chi connectivity index (χ1v) is 35.2. The number of allylic oxidation sites excluding steroid dienone is 6. The number of carbonyl (C=O) groups excluding carboxylic acids is 2. The molecule has 1 N–H and O–H groups in total. The molecule has 0 saturated carbocycles. The molecule has 9 nitrogen and oxygen atoms in total. The van der Waals surface area contributed by atoms with E-state index in [4.69, 9.17) is 18.5 Å². The average Bonchev–Trinajstić information content (AvgIpc) is 3.41. The molecule has 0 spiro atoms. The summed E-state index contributed by atoms with van der Waals surface area (Å²) >= 11 is 0. The molecule has 0 amide bonds. The van der Waals surface area contributed by atoms with Crippen molar-refractivity contribution in [2.45, 2.75) is 341 Å². The fourth-order valence-electron chi connectivity index (χ4n) is 9.93. The Hall–Kier alpha value is -1.77. The zero-order valence-electron chi connectivity index (χ0n) is 52.4. The van der Waals surface area contributed by atoms with E-state index in [1.165, 1.54) is 257 Å². The van der Waals surface area contributed by atoms with Crippen molar-refractivity contribution >= 4 is 19.8 Å². The molecule has 0 aromatic carbocycles. The lowest BCUT2D eigenvalue weighted by Gasteiger charge is -2.24. The van der Waals surface area contributed by atoms with Gasteiger partial charge in [-0.2, -0.15) is 0 Å². The molecular weight excluding hydrogens is 990 g/mol. The Labute approximate surface area is 484 Å². The van der Waals surface area contributed by atoms with Crippen molar-refractivity contribution in [1.29, 1.82) is 0 Å². The predicted octanol–water partition coefficient (Wildman–Crippen LogP) is 21.5. The molecule has 460 valence electrons. The summed E-state index contributed by atoms with van der Waals surface area (Å²) in [4.78, 5) is 35.8. The molecule has 0 rings (SSSR count). The standard InChI is InChI=1S/C68H130NO8P/c1-6-8-10-12-14-16-18-20-22-24-26-27-28-29-30-31-32-33-34-35-36-37-38-39-40-41-43-44-46-48-50-52-54-56-58-60-67(70)74-64-66(65-76-78(72,73)75-63-62-69(3,4)5)77-68(71)61-59-57-55-53-51-49-47-45-42-25-23-21-19-17-15-13-11-9-7-2/h15,17,21,23-24,26,66H,6-14,16,18-20,22,25,27-65H2,1-5H3/p+1/b17-15-,23-21-,26-24-. The third kappa shape index (κ3) is 63.4. The Morgan fingerprint density at radius 3 is 1.05 bits per heavy atom. The van der Waals surface area contributed by atoms with Gasteiger partial charge in [-0.25, -0.2) is 4.57 Å². The average molecular weight is 1120 g/mol. The van der Waals surface area contributed by atoms with Gasteiger partial charge in [-0.15, -0.1) is 0 Å². The maximum Gasteiger partial charge on any atom is 0.472 e. The maximum absolute atomic E-state index is 12.8. The van der Waals surface area contributed by atoms with E-state index in [9.17, 15) is 19.0 Å². The summed E-state index contributed by atoms with van der Waals surface area (Å²) < 4.78 is 34.7. The number of hydrogen-bond donors (Lipinski definition) is 1. The number of nitrogens with zero attached hydrogens (tertiary/aromatic N) is 1. The van der Waals surface area contributed by atoms with E-state index in [-0.39, 0.29) is 25.6 Å². The van der Waals surface area contributed by atoms with E-state index in [2.05, 4.69) is 50.3 Å². The largest absolute Gasteiger partial charge is 0.472 e. The molecule has 78 heavy (non-hydrogen) atoms. The molecule has 0 heterocycles. The topological polar surface area (TPSA) is 108 Å². The first-order valence-electron chi connectivity index (χ1n) is 33.7. The third-order valence-electron chi connectivity index (χ3n) is 15.1. The van der Waals surface area contributed by atoms with Gasteiger partial charge < -0.3 is 18.9 Å². The van der Waals surface area contributed by atoms with Crippen LogP contribution < -0.4 is 0 Å². The molecular formula is C68H131NO8P+. The van der Waals surface area contributed by atoms with Gasteiger partial charge in [0.1, 0.15) is 19.8 Å². The highest BCUT2D eigenvalue weighted by molar-refractivity contribution is 7.47. The molecule has 2 atom stereocenters. The van der Waals surface area contributed by atoms with E-state index < -0.39 is 26.5 Å². The summed E-state index contributed by atoms with van der Waals surface area (Å²) in [7, 11) is 1.49. The Morgan fingerprint density at radius 2 is 0.692 bits per heavy atom. The molecule has 0 bridgehead atoms. The summed E-state index contributed by atoms with van der Waals surface area (Å²) in [5, 5.41) is 0.